The minimum Gasteiger partial charge on any atom is -0.390 e. The molecule has 0 aliphatic rings. The predicted octanol–water partition coefficient (Wildman–Crippen LogP) is 5.83. The van der Waals surface area contributed by atoms with Crippen LogP contribution in [0.3, 0.4) is 0 Å². The molecule has 0 aromatic carbocycles. The molecule has 25 heavy (non-hydrogen) atoms. The van der Waals surface area contributed by atoms with E-state index in [9.17, 15) is 5.11 Å². The molecule has 2 nitrogen and oxygen atoms in total. The van der Waals surface area contributed by atoms with Crippen LogP contribution in [0.2, 0.25) is 0 Å². The lowest BCUT2D eigenvalue weighted by Gasteiger charge is -2.08. The lowest BCUT2D eigenvalue weighted by Crippen LogP contribution is -2.43. The Bertz CT molecular complexity index is 456. The molecule has 0 amide bonds. The van der Waals surface area contributed by atoms with Crippen molar-refractivity contribution >= 4 is 0 Å². The molecule has 0 saturated carbocycles. The molecule has 0 unspecified atom stereocenters. The summed E-state index contributed by atoms with van der Waals surface area (Å²) in [7, 11) is 0. The fourth-order valence-corrected chi connectivity index (χ4v) is 3.79. The first-order valence-electron chi connectivity index (χ1n) is 10.8. The summed E-state index contributed by atoms with van der Waals surface area (Å²) in [5.74, 6) is 0. The molecule has 2 heteroatoms. The Morgan fingerprint density at radius 3 is 1.80 bits per heavy atom. The first-order chi connectivity index (χ1) is 12.2. The van der Waals surface area contributed by atoms with Gasteiger partial charge in [0.05, 0.1) is 0 Å². The van der Waals surface area contributed by atoms with Gasteiger partial charge in [0.15, 0.2) is 17.9 Å². The molecule has 0 atom stereocenters. The summed E-state index contributed by atoms with van der Waals surface area (Å²) in [6, 6.07) is 4.50. The topological polar surface area (TPSA) is 24.1 Å². The highest BCUT2D eigenvalue weighted by molar-refractivity contribution is 5.14. The fourth-order valence-electron chi connectivity index (χ4n) is 3.79. The average Bonchev–Trinajstić information content (AvgIpc) is 2.58. The molecule has 1 heterocycles. The van der Waals surface area contributed by atoms with E-state index >= 15 is 0 Å². The molecule has 0 fully saturated rings. The van der Waals surface area contributed by atoms with E-state index in [-0.39, 0.29) is 6.61 Å². The number of nitrogens with zero attached hydrogens (tertiary/aromatic N) is 1. The second kappa shape index (κ2) is 14.3. The molecule has 0 bridgehead atoms. The van der Waals surface area contributed by atoms with E-state index in [0.717, 1.165) is 13.0 Å². The number of aliphatic hydroxyl groups is 1. The van der Waals surface area contributed by atoms with Crippen LogP contribution in [0.5, 0.6) is 0 Å². The maximum atomic E-state index is 9.29. The number of hydrogen-bond acceptors (Lipinski definition) is 1. The van der Waals surface area contributed by atoms with E-state index in [2.05, 4.69) is 37.5 Å². The van der Waals surface area contributed by atoms with Crippen LogP contribution < -0.4 is 4.57 Å². The first-order valence-corrected chi connectivity index (χ1v) is 10.8. The van der Waals surface area contributed by atoms with Gasteiger partial charge < -0.3 is 5.11 Å². The van der Waals surface area contributed by atoms with Crippen molar-refractivity contribution in [3.05, 3.63) is 29.1 Å². The highest BCUT2D eigenvalue weighted by Crippen LogP contribution is 2.13. The zero-order valence-corrected chi connectivity index (χ0v) is 17.2. The van der Waals surface area contributed by atoms with Crippen molar-refractivity contribution in [2.75, 3.05) is 6.61 Å². The van der Waals surface area contributed by atoms with Crippen molar-refractivity contribution in [2.45, 2.75) is 111 Å². The zero-order chi connectivity index (χ0) is 18.3. The third-order valence-corrected chi connectivity index (χ3v) is 5.21. The van der Waals surface area contributed by atoms with Gasteiger partial charge in [-0.3, -0.25) is 0 Å². The molecule has 144 valence electrons. The predicted molar refractivity (Wildman–Crippen MR) is 108 cm³/mol. The second-order valence-corrected chi connectivity index (χ2v) is 7.68. The van der Waals surface area contributed by atoms with Crippen LogP contribution in [-0.2, 0) is 13.0 Å². The Kier molecular flexibility index (Phi) is 12.7. The Hall–Kier alpha value is -0.890. The second-order valence-electron chi connectivity index (χ2n) is 7.68. The van der Waals surface area contributed by atoms with Gasteiger partial charge in [0, 0.05) is 25.5 Å². The summed E-state index contributed by atoms with van der Waals surface area (Å²) >= 11 is 0. The summed E-state index contributed by atoms with van der Waals surface area (Å²) in [6.45, 7) is 7.54. The number of hydrogen-bond donors (Lipinski definition) is 1. The maximum absolute atomic E-state index is 9.29. The van der Waals surface area contributed by atoms with Gasteiger partial charge in [0.25, 0.3) is 0 Å². The van der Waals surface area contributed by atoms with Crippen molar-refractivity contribution < 1.29 is 9.67 Å². The van der Waals surface area contributed by atoms with E-state index in [0.29, 0.717) is 0 Å². The van der Waals surface area contributed by atoms with Crippen LogP contribution in [0.25, 0.3) is 0 Å². The first kappa shape index (κ1) is 22.2. The van der Waals surface area contributed by atoms with Crippen molar-refractivity contribution in [2.24, 2.45) is 0 Å². The van der Waals surface area contributed by atoms with Gasteiger partial charge in [-0.15, -0.1) is 0 Å². The number of unbranched alkanes of at least 4 members (excludes halogenated alkanes) is 11. The number of aliphatic hydroxyl groups excluding tert-OH is 1. The van der Waals surface area contributed by atoms with Crippen LogP contribution in [0.15, 0.2) is 12.1 Å². The summed E-state index contributed by atoms with van der Waals surface area (Å²) in [4.78, 5) is 0. The van der Waals surface area contributed by atoms with Crippen LogP contribution in [0.1, 0.15) is 101 Å². The van der Waals surface area contributed by atoms with E-state index < -0.39 is 0 Å². The molecular formula is C23H42NO+. The SMILES string of the molecule is CCCCCCCCCCCCCCc1cc(C)cc(C)[n+]1CCO. The van der Waals surface area contributed by atoms with Crippen LogP contribution in [0, 0.1) is 13.8 Å². The van der Waals surface area contributed by atoms with Crippen LogP contribution >= 0.6 is 0 Å². The molecule has 0 saturated heterocycles. The molecule has 0 spiro atoms. The molecular weight excluding hydrogens is 306 g/mol. The van der Waals surface area contributed by atoms with Gasteiger partial charge >= 0.3 is 0 Å². The quantitative estimate of drug-likeness (QED) is 0.313. The summed E-state index contributed by atoms with van der Waals surface area (Å²) in [5.41, 5.74) is 3.99. The van der Waals surface area contributed by atoms with Gasteiger partial charge in [0.1, 0.15) is 6.61 Å². The Morgan fingerprint density at radius 2 is 1.28 bits per heavy atom. The van der Waals surface area contributed by atoms with Gasteiger partial charge in [-0.1, -0.05) is 77.6 Å². The summed E-state index contributed by atoms with van der Waals surface area (Å²) in [6.07, 6.45) is 17.9. The van der Waals surface area contributed by atoms with Crippen molar-refractivity contribution in [3.63, 3.8) is 0 Å². The minimum absolute atomic E-state index is 0.222. The molecule has 1 aromatic rings. The average molecular weight is 349 g/mol. The molecule has 0 radical (unpaired) electrons. The summed E-state index contributed by atoms with van der Waals surface area (Å²) in [5, 5.41) is 9.29. The fraction of sp³-hybridized carbons (Fsp3) is 0.783. The van der Waals surface area contributed by atoms with Crippen molar-refractivity contribution in [1.29, 1.82) is 0 Å². The van der Waals surface area contributed by atoms with Crippen molar-refractivity contribution in [3.8, 4) is 0 Å². The van der Waals surface area contributed by atoms with E-state index in [1.807, 2.05) is 0 Å². The number of pyridine rings is 1. The Labute approximate surface area is 156 Å². The molecule has 1 N–H and O–H groups in total. The lowest BCUT2D eigenvalue weighted by atomic mass is 10.0. The largest absolute Gasteiger partial charge is 0.390 e. The number of aromatic nitrogens is 1. The Balaban J connectivity index is 2.10. The van der Waals surface area contributed by atoms with Crippen molar-refractivity contribution in [1.82, 2.24) is 0 Å². The highest BCUT2D eigenvalue weighted by atomic mass is 16.3. The van der Waals surface area contributed by atoms with Crippen LogP contribution in [0.4, 0.5) is 0 Å². The standard InChI is InChI=1S/C23H42NO/c1-4-5-6-7-8-9-10-11-12-13-14-15-16-23-20-21(2)19-22(3)24(23)17-18-25/h19-20,25H,4-18H2,1-3H3/q+1. The highest BCUT2D eigenvalue weighted by Gasteiger charge is 2.14. The minimum atomic E-state index is 0.222. The number of aryl methyl sites for hydroxylation is 3. The number of rotatable bonds is 15. The molecule has 1 rings (SSSR count). The molecule has 1 aromatic heterocycles. The van der Waals surface area contributed by atoms with E-state index in [1.54, 1.807) is 0 Å². The Morgan fingerprint density at radius 1 is 0.760 bits per heavy atom. The zero-order valence-electron chi connectivity index (χ0n) is 17.2. The van der Waals surface area contributed by atoms with Gasteiger partial charge in [-0.05, 0) is 18.9 Å². The van der Waals surface area contributed by atoms with Crippen LogP contribution in [-0.4, -0.2) is 11.7 Å². The normalized spacial score (nSPS) is 11.2. The molecule has 0 aliphatic heterocycles. The van der Waals surface area contributed by atoms with E-state index in [4.69, 9.17) is 0 Å². The lowest BCUT2D eigenvalue weighted by molar-refractivity contribution is -0.711. The monoisotopic (exact) mass is 348 g/mol. The van der Waals surface area contributed by atoms with E-state index in [1.165, 1.54) is 94.0 Å². The maximum Gasteiger partial charge on any atom is 0.181 e. The summed E-state index contributed by atoms with van der Waals surface area (Å²) < 4.78 is 2.28. The third-order valence-electron chi connectivity index (χ3n) is 5.21. The smallest absolute Gasteiger partial charge is 0.181 e. The van der Waals surface area contributed by atoms with Gasteiger partial charge in [0.2, 0.25) is 0 Å². The molecule has 0 aliphatic carbocycles. The van der Waals surface area contributed by atoms with Gasteiger partial charge in [-0.25, -0.2) is 0 Å². The van der Waals surface area contributed by atoms with Gasteiger partial charge in [-0.2, -0.15) is 4.57 Å². The third kappa shape index (κ3) is 9.99.